The maximum absolute atomic E-state index is 13.1. The first kappa shape index (κ1) is 16.7. The summed E-state index contributed by atoms with van der Waals surface area (Å²) in [5, 5.41) is 12.0. The number of amides is 1. The highest BCUT2D eigenvalue weighted by atomic mass is 19.1. The molecule has 5 heteroatoms. The summed E-state index contributed by atoms with van der Waals surface area (Å²) in [6.45, 7) is 2.17. The van der Waals surface area contributed by atoms with Crippen molar-refractivity contribution in [1.29, 1.82) is 0 Å². The van der Waals surface area contributed by atoms with E-state index in [1.165, 1.54) is 24.3 Å². The summed E-state index contributed by atoms with van der Waals surface area (Å²) in [6, 6.07) is 11.0. The molecule has 0 bridgehead atoms. The van der Waals surface area contributed by atoms with Gasteiger partial charge < -0.3 is 15.2 Å². The van der Waals surface area contributed by atoms with Gasteiger partial charge in [0.05, 0.1) is 13.2 Å². The zero-order valence-corrected chi connectivity index (χ0v) is 12.8. The summed E-state index contributed by atoms with van der Waals surface area (Å²) >= 11 is 0. The van der Waals surface area contributed by atoms with E-state index < -0.39 is 0 Å². The number of carbonyl (C=O) groups is 1. The Morgan fingerprint density at radius 1 is 1.30 bits per heavy atom. The number of carbonyl (C=O) groups excluding carboxylic acids is 1. The molecule has 0 heterocycles. The average Bonchev–Trinajstić information content (AvgIpc) is 2.54. The van der Waals surface area contributed by atoms with E-state index in [0.717, 1.165) is 0 Å². The van der Waals surface area contributed by atoms with Crippen molar-refractivity contribution in [1.82, 2.24) is 0 Å². The van der Waals surface area contributed by atoms with Crippen molar-refractivity contribution in [3.8, 4) is 5.75 Å². The number of benzene rings is 2. The lowest BCUT2D eigenvalue weighted by atomic mass is 10.2. The highest BCUT2D eigenvalue weighted by molar-refractivity contribution is 6.02. The molecule has 0 fully saturated rings. The van der Waals surface area contributed by atoms with Gasteiger partial charge in [-0.15, -0.1) is 0 Å². The van der Waals surface area contributed by atoms with Gasteiger partial charge in [0.2, 0.25) is 5.91 Å². The lowest BCUT2D eigenvalue weighted by Gasteiger charge is -2.10. The Kier molecular flexibility index (Phi) is 5.88. The number of rotatable bonds is 6. The minimum atomic E-state index is -0.355. The second-order valence-corrected chi connectivity index (χ2v) is 4.79. The molecule has 2 aromatic carbocycles. The van der Waals surface area contributed by atoms with Crippen LogP contribution in [0.1, 0.15) is 18.1 Å². The van der Waals surface area contributed by atoms with E-state index in [1.54, 1.807) is 30.3 Å². The van der Waals surface area contributed by atoms with Crippen molar-refractivity contribution in [2.24, 2.45) is 0 Å². The summed E-state index contributed by atoms with van der Waals surface area (Å²) in [5.74, 6) is -0.114. The first-order chi connectivity index (χ1) is 11.1. The predicted octanol–water partition coefficient (Wildman–Crippen LogP) is 3.37. The number of aliphatic hydroxyl groups is 1. The molecule has 0 aliphatic rings. The Balaban J connectivity index is 2.05. The van der Waals surface area contributed by atoms with Crippen LogP contribution in [0, 0.1) is 5.82 Å². The molecular formula is C18H18FNO3. The Labute approximate surface area is 134 Å². The third-order valence-electron chi connectivity index (χ3n) is 3.07. The maximum atomic E-state index is 13.1. The van der Waals surface area contributed by atoms with Crippen LogP contribution in [-0.4, -0.2) is 17.6 Å². The van der Waals surface area contributed by atoms with E-state index in [9.17, 15) is 14.3 Å². The number of hydrogen-bond donors (Lipinski definition) is 2. The monoisotopic (exact) mass is 315 g/mol. The SMILES string of the molecule is CCOc1ccc(NC(=O)/C=C/c2cccc(F)c2)cc1CO. The number of halogens is 1. The molecule has 0 aliphatic heterocycles. The van der Waals surface area contributed by atoms with Crippen molar-refractivity contribution in [2.45, 2.75) is 13.5 Å². The van der Waals surface area contributed by atoms with E-state index in [2.05, 4.69) is 5.32 Å². The van der Waals surface area contributed by atoms with Crippen molar-refractivity contribution >= 4 is 17.7 Å². The predicted molar refractivity (Wildman–Crippen MR) is 87.6 cm³/mol. The highest BCUT2D eigenvalue weighted by Gasteiger charge is 2.05. The molecule has 0 spiro atoms. The van der Waals surface area contributed by atoms with Gasteiger partial charge in [-0.25, -0.2) is 4.39 Å². The van der Waals surface area contributed by atoms with E-state index in [4.69, 9.17) is 4.74 Å². The first-order valence-electron chi connectivity index (χ1n) is 7.23. The number of hydrogen-bond acceptors (Lipinski definition) is 3. The van der Waals surface area contributed by atoms with Gasteiger partial charge in [-0.2, -0.15) is 0 Å². The summed E-state index contributed by atoms with van der Waals surface area (Å²) in [6.07, 6.45) is 2.85. The molecule has 2 N–H and O–H groups in total. The van der Waals surface area contributed by atoms with Crippen LogP contribution in [0.5, 0.6) is 5.75 Å². The van der Waals surface area contributed by atoms with Crippen LogP contribution in [0.4, 0.5) is 10.1 Å². The fourth-order valence-electron chi connectivity index (χ4n) is 2.04. The largest absolute Gasteiger partial charge is 0.494 e. The minimum absolute atomic E-state index is 0.182. The molecule has 0 radical (unpaired) electrons. The van der Waals surface area contributed by atoms with Crippen LogP contribution in [0.3, 0.4) is 0 Å². The van der Waals surface area contributed by atoms with Gasteiger partial charge in [0, 0.05) is 17.3 Å². The first-order valence-corrected chi connectivity index (χ1v) is 7.23. The number of nitrogens with one attached hydrogen (secondary N) is 1. The van der Waals surface area contributed by atoms with E-state index in [-0.39, 0.29) is 18.3 Å². The van der Waals surface area contributed by atoms with E-state index >= 15 is 0 Å². The molecule has 1 amide bonds. The Hall–Kier alpha value is -2.66. The third kappa shape index (κ3) is 4.93. The van der Waals surface area contributed by atoms with E-state index in [0.29, 0.717) is 29.2 Å². The quantitative estimate of drug-likeness (QED) is 0.804. The molecule has 0 saturated heterocycles. The molecule has 4 nitrogen and oxygen atoms in total. The fourth-order valence-corrected chi connectivity index (χ4v) is 2.04. The summed E-state index contributed by atoms with van der Waals surface area (Å²) in [5.41, 5.74) is 1.74. The molecule has 2 aromatic rings. The fraction of sp³-hybridized carbons (Fsp3) is 0.167. The Morgan fingerprint density at radius 2 is 2.13 bits per heavy atom. The standard InChI is InChI=1S/C18H18FNO3/c1-2-23-17-8-7-16(11-14(17)12-21)20-18(22)9-6-13-4-3-5-15(19)10-13/h3-11,21H,2,12H2,1H3,(H,20,22)/b9-6+. The van der Waals surface area contributed by atoms with Crippen molar-refractivity contribution in [2.75, 3.05) is 11.9 Å². The second-order valence-electron chi connectivity index (χ2n) is 4.79. The summed E-state index contributed by atoms with van der Waals surface area (Å²) in [7, 11) is 0. The van der Waals surface area contributed by atoms with Gasteiger partial charge in [-0.1, -0.05) is 12.1 Å². The second kappa shape index (κ2) is 8.10. The van der Waals surface area contributed by atoms with Gasteiger partial charge in [0.25, 0.3) is 0 Å². The van der Waals surface area contributed by atoms with Gasteiger partial charge in [-0.3, -0.25) is 4.79 Å². The summed E-state index contributed by atoms with van der Waals surface area (Å²) < 4.78 is 18.4. The van der Waals surface area contributed by atoms with Crippen LogP contribution in [0.25, 0.3) is 6.08 Å². The molecule has 0 aliphatic carbocycles. The van der Waals surface area contributed by atoms with Crippen LogP contribution < -0.4 is 10.1 Å². The molecule has 0 atom stereocenters. The normalized spacial score (nSPS) is 10.7. The van der Waals surface area contributed by atoms with E-state index in [1.807, 2.05) is 6.92 Å². The zero-order chi connectivity index (χ0) is 16.7. The number of aliphatic hydroxyl groups excluding tert-OH is 1. The zero-order valence-electron chi connectivity index (χ0n) is 12.8. The van der Waals surface area contributed by atoms with Crippen molar-refractivity contribution in [3.63, 3.8) is 0 Å². The highest BCUT2D eigenvalue weighted by Crippen LogP contribution is 2.23. The van der Waals surface area contributed by atoms with Crippen LogP contribution in [0.2, 0.25) is 0 Å². The minimum Gasteiger partial charge on any atom is -0.494 e. The van der Waals surface area contributed by atoms with Gasteiger partial charge >= 0.3 is 0 Å². The van der Waals surface area contributed by atoms with Crippen LogP contribution >= 0.6 is 0 Å². The van der Waals surface area contributed by atoms with Crippen LogP contribution in [-0.2, 0) is 11.4 Å². The van der Waals surface area contributed by atoms with Crippen molar-refractivity contribution < 1.29 is 19.0 Å². The lowest BCUT2D eigenvalue weighted by molar-refractivity contribution is -0.111. The Bertz CT molecular complexity index is 713. The molecular weight excluding hydrogens is 297 g/mol. The smallest absolute Gasteiger partial charge is 0.248 e. The van der Waals surface area contributed by atoms with Crippen LogP contribution in [0.15, 0.2) is 48.5 Å². The average molecular weight is 315 g/mol. The van der Waals surface area contributed by atoms with Gasteiger partial charge in [-0.05, 0) is 48.9 Å². The molecule has 0 saturated carbocycles. The Morgan fingerprint density at radius 3 is 2.83 bits per heavy atom. The van der Waals surface area contributed by atoms with Gasteiger partial charge in [0.1, 0.15) is 11.6 Å². The number of ether oxygens (including phenoxy) is 1. The third-order valence-corrected chi connectivity index (χ3v) is 3.07. The maximum Gasteiger partial charge on any atom is 0.248 e. The molecule has 0 aromatic heterocycles. The summed E-state index contributed by atoms with van der Waals surface area (Å²) in [4.78, 5) is 11.9. The van der Waals surface area contributed by atoms with Gasteiger partial charge in [0.15, 0.2) is 0 Å². The lowest BCUT2D eigenvalue weighted by Crippen LogP contribution is -2.08. The number of anilines is 1. The molecule has 2 rings (SSSR count). The topological polar surface area (TPSA) is 58.6 Å². The molecule has 0 unspecified atom stereocenters. The molecule has 120 valence electrons. The van der Waals surface area contributed by atoms with Crippen molar-refractivity contribution in [3.05, 3.63) is 65.5 Å². The molecule has 23 heavy (non-hydrogen) atoms.